The van der Waals surface area contributed by atoms with Crippen LogP contribution in [0.15, 0.2) is 58.3 Å². The molecule has 0 unspecified atom stereocenters. The molecule has 0 saturated carbocycles. The SMILES string of the molecule is O=C1NCCCCCCCCNC(=O)c2ccccc2SSc2ccccc21. The molecule has 0 radical (unpaired) electrons. The number of hydrogen-bond donors (Lipinski definition) is 2. The number of nitrogens with one attached hydrogen (secondary N) is 2. The molecule has 2 aromatic carbocycles. The highest BCUT2D eigenvalue weighted by Gasteiger charge is 2.15. The molecule has 28 heavy (non-hydrogen) atoms. The van der Waals surface area contributed by atoms with Gasteiger partial charge in [-0.15, -0.1) is 0 Å². The summed E-state index contributed by atoms with van der Waals surface area (Å²) in [6.45, 7) is 1.42. The molecule has 0 atom stereocenters. The first-order valence-corrected chi connectivity index (χ1v) is 12.0. The van der Waals surface area contributed by atoms with Crippen molar-refractivity contribution < 1.29 is 9.59 Å². The van der Waals surface area contributed by atoms with Crippen LogP contribution in [0.4, 0.5) is 0 Å². The van der Waals surface area contributed by atoms with Crippen molar-refractivity contribution >= 4 is 33.4 Å². The van der Waals surface area contributed by atoms with Crippen molar-refractivity contribution in [3.63, 3.8) is 0 Å². The van der Waals surface area contributed by atoms with E-state index in [0.717, 1.165) is 48.3 Å². The third kappa shape index (κ3) is 6.04. The summed E-state index contributed by atoms with van der Waals surface area (Å²) in [5.74, 6) is -0.0633. The molecular formula is C22H26N2O2S2. The van der Waals surface area contributed by atoms with Gasteiger partial charge in [-0.3, -0.25) is 9.59 Å². The Hall–Kier alpha value is -1.92. The predicted molar refractivity (Wildman–Crippen MR) is 117 cm³/mol. The maximum atomic E-state index is 12.6. The smallest absolute Gasteiger partial charge is 0.252 e. The Bertz CT molecular complexity index is 743. The van der Waals surface area contributed by atoms with Gasteiger partial charge in [0.1, 0.15) is 0 Å². The minimum absolute atomic E-state index is 0.0316. The van der Waals surface area contributed by atoms with Crippen molar-refractivity contribution in [2.45, 2.75) is 48.3 Å². The van der Waals surface area contributed by atoms with E-state index in [2.05, 4.69) is 10.6 Å². The van der Waals surface area contributed by atoms with Crippen molar-refractivity contribution in [1.29, 1.82) is 0 Å². The van der Waals surface area contributed by atoms with E-state index >= 15 is 0 Å². The largest absolute Gasteiger partial charge is 0.352 e. The van der Waals surface area contributed by atoms with Gasteiger partial charge in [0.05, 0.1) is 11.1 Å². The first-order valence-electron chi connectivity index (χ1n) is 9.84. The quantitative estimate of drug-likeness (QED) is 0.574. The summed E-state index contributed by atoms with van der Waals surface area (Å²) in [6.07, 6.45) is 6.56. The minimum Gasteiger partial charge on any atom is -0.352 e. The Labute approximate surface area is 174 Å². The lowest BCUT2D eigenvalue weighted by Crippen LogP contribution is -2.25. The average molecular weight is 415 g/mol. The molecular weight excluding hydrogens is 388 g/mol. The number of rotatable bonds is 0. The zero-order valence-electron chi connectivity index (χ0n) is 15.9. The first-order chi connectivity index (χ1) is 13.8. The first kappa shape index (κ1) is 20.8. The highest BCUT2D eigenvalue weighted by molar-refractivity contribution is 8.76. The van der Waals surface area contributed by atoms with E-state index in [9.17, 15) is 9.59 Å². The van der Waals surface area contributed by atoms with Gasteiger partial charge < -0.3 is 10.6 Å². The minimum atomic E-state index is -0.0316. The lowest BCUT2D eigenvalue weighted by molar-refractivity contribution is 0.0941. The molecule has 0 aliphatic carbocycles. The van der Waals surface area contributed by atoms with Crippen LogP contribution >= 0.6 is 21.6 Å². The Morgan fingerprint density at radius 1 is 0.571 bits per heavy atom. The van der Waals surface area contributed by atoms with Gasteiger partial charge in [0, 0.05) is 22.9 Å². The zero-order chi connectivity index (χ0) is 19.6. The van der Waals surface area contributed by atoms with E-state index in [1.54, 1.807) is 0 Å². The summed E-state index contributed by atoms with van der Waals surface area (Å²) in [5.41, 5.74) is 1.37. The Morgan fingerprint density at radius 2 is 0.964 bits per heavy atom. The number of benzene rings is 2. The molecule has 1 aliphatic heterocycles. The fourth-order valence-electron chi connectivity index (χ4n) is 3.09. The summed E-state index contributed by atoms with van der Waals surface area (Å²) < 4.78 is 0. The fraction of sp³-hybridized carbons (Fsp3) is 0.364. The number of carbonyl (C=O) groups excluding carboxylic acids is 2. The van der Waals surface area contributed by atoms with Crippen molar-refractivity contribution in [1.82, 2.24) is 10.6 Å². The summed E-state index contributed by atoms with van der Waals surface area (Å²) in [6, 6.07) is 15.3. The molecule has 0 fully saturated rings. The van der Waals surface area contributed by atoms with Crippen LogP contribution in [0.2, 0.25) is 0 Å². The van der Waals surface area contributed by atoms with Crippen LogP contribution in [0.5, 0.6) is 0 Å². The maximum Gasteiger partial charge on any atom is 0.252 e. The van der Waals surface area contributed by atoms with Crippen molar-refractivity contribution in [2.75, 3.05) is 13.1 Å². The Morgan fingerprint density at radius 3 is 1.43 bits per heavy atom. The van der Waals surface area contributed by atoms with Crippen LogP contribution in [0.1, 0.15) is 59.2 Å². The van der Waals surface area contributed by atoms with Gasteiger partial charge in [-0.1, -0.05) is 71.5 Å². The summed E-state index contributed by atoms with van der Waals surface area (Å²) in [4.78, 5) is 27.0. The van der Waals surface area contributed by atoms with Crippen LogP contribution in [0.25, 0.3) is 0 Å². The van der Waals surface area contributed by atoms with Crippen LogP contribution in [-0.2, 0) is 0 Å². The van der Waals surface area contributed by atoms with Gasteiger partial charge in [0.15, 0.2) is 0 Å². The topological polar surface area (TPSA) is 58.2 Å². The average Bonchev–Trinajstić information content (AvgIpc) is 2.73. The normalized spacial score (nSPS) is 17.3. The number of amides is 2. The molecule has 2 amide bonds. The Kier molecular flexibility index (Phi) is 8.30. The van der Waals surface area contributed by atoms with E-state index in [1.807, 2.05) is 48.5 Å². The van der Waals surface area contributed by atoms with Gasteiger partial charge in [-0.05, 0) is 37.1 Å². The van der Waals surface area contributed by atoms with E-state index in [-0.39, 0.29) is 11.8 Å². The molecule has 6 heteroatoms. The second-order valence-electron chi connectivity index (χ2n) is 6.79. The summed E-state index contributed by atoms with van der Waals surface area (Å²) in [7, 11) is 3.03. The monoisotopic (exact) mass is 414 g/mol. The van der Waals surface area contributed by atoms with Gasteiger partial charge in [0.2, 0.25) is 0 Å². The lowest BCUT2D eigenvalue weighted by atomic mass is 10.1. The molecule has 4 nitrogen and oxygen atoms in total. The lowest BCUT2D eigenvalue weighted by Gasteiger charge is -2.12. The molecule has 1 aliphatic rings. The number of carbonyl (C=O) groups is 2. The van der Waals surface area contributed by atoms with Crippen LogP contribution in [0, 0.1) is 0 Å². The maximum absolute atomic E-state index is 12.6. The van der Waals surface area contributed by atoms with Crippen molar-refractivity contribution in [3.05, 3.63) is 59.7 Å². The zero-order valence-corrected chi connectivity index (χ0v) is 17.5. The van der Waals surface area contributed by atoms with Crippen LogP contribution in [-0.4, -0.2) is 24.9 Å². The number of hydrogen-bond acceptors (Lipinski definition) is 4. The fourth-order valence-corrected chi connectivity index (χ4v) is 5.45. The molecule has 0 aromatic heterocycles. The van der Waals surface area contributed by atoms with Gasteiger partial charge in [-0.2, -0.15) is 0 Å². The van der Waals surface area contributed by atoms with Crippen LogP contribution in [0.3, 0.4) is 0 Å². The molecule has 1 heterocycles. The molecule has 0 bridgehead atoms. The molecule has 3 rings (SSSR count). The van der Waals surface area contributed by atoms with Crippen molar-refractivity contribution in [2.24, 2.45) is 0 Å². The summed E-state index contributed by atoms with van der Waals surface area (Å²) >= 11 is 0. The van der Waals surface area contributed by atoms with E-state index in [4.69, 9.17) is 0 Å². The van der Waals surface area contributed by atoms with E-state index < -0.39 is 0 Å². The van der Waals surface area contributed by atoms with E-state index in [1.165, 1.54) is 21.6 Å². The van der Waals surface area contributed by atoms with Gasteiger partial charge >= 0.3 is 0 Å². The second kappa shape index (κ2) is 11.2. The van der Waals surface area contributed by atoms with Crippen molar-refractivity contribution in [3.8, 4) is 0 Å². The van der Waals surface area contributed by atoms with Gasteiger partial charge in [-0.25, -0.2) is 0 Å². The second-order valence-corrected chi connectivity index (χ2v) is 9.01. The number of fused-ring (bicyclic) bond motifs is 2. The Balaban J connectivity index is 1.79. The molecule has 2 N–H and O–H groups in total. The van der Waals surface area contributed by atoms with Gasteiger partial charge in [0.25, 0.3) is 11.8 Å². The third-order valence-electron chi connectivity index (χ3n) is 4.66. The summed E-state index contributed by atoms with van der Waals surface area (Å²) in [5, 5.41) is 6.09. The predicted octanol–water partition coefficient (Wildman–Crippen LogP) is 5.30. The molecule has 2 aromatic rings. The van der Waals surface area contributed by atoms with E-state index in [0.29, 0.717) is 24.2 Å². The van der Waals surface area contributed by atoms with Crippen LogP contribution < -0.4 is 10.6 Å². The highest BCUT2D eigenvalue weighted by Crippen LogP contribution is 2.40. The standard InChI is InChI=1S/C22H26N2O2S2/c25-21-17-11-5-7-13-19(17)27-28-20-14-8-6-12-18(20)22(26)24-16-10-4-2-1-3-9-15-23-21/h5-8,11-14H,1-4,9-10,15-16H2,(H,23,25)(H,24,26). The molecule has 148 valence electrons. The molecule has 0 spiro atoms. The third-order valence-corrected chi connectivity index (χ3v) is 7.14. The highest BCUT2D eigenvalue weighted by atomic mass is 33.1. The molecule has 0 saturated heterocycles.